The van der Waals surface area contributed by atoms with E-state index < -0.39 is 11.7 Å². The summed E-state index contributed by atoms with van der Waals surface area (Å²) in [5, 5.41) is 3.06. The number of carbonyl (C=O) groups is 1. The summed E-state index contributed by atoms with van der Waals surface area (Å²) in [4.78, 5) is 20.3. The van der Waals surface area contributed by atoms with Gasteiger partial charge in [0.15, 0.2) is 0 Å². The van der Waals surface area contributed by atoms with Crippen molar-refractivity contribution in [2.45, 2.75) is 58.2 Å². The Bertz CT molecular complexity index is 606. The van der Waals surface area contributed by atoms with Gasteiger partial charge in [0, 0.05) is 38.4 Å². The van der Waals surface area contributed by atoms with E-state index in [1.54, 1.807) is 0 Å². The van der Waals surface area contributed by atoms with Gasteiger partial charge in [0.25, 0.3) is 0 Å². The highest BCUT2D eigenvalue weighted by Crippen LogP contribution is 2.29. The van der Waals surface area contributed by atoms with Gasteiger partial charge >= 0.3 is 6.18 Å². The molecule has 0 aromatic carbocycles. The Kier molecular flexibility index (Phi) is 8.54. The second-order valence-electron chi connectivity index (χ2n) is 7.48. The quantitative estimate of drug-likeness (QED) is 0.676. The van der Waals surface area contributed by atoms with Crippen molar-refractivity contribution in [3.05, 3.63) is 23.9 Å². The van der Waals surface area contributed by atoms with Crippen LogP contribution in [0.3, 0.4) is 0 Å². The van der Waals surface area contributed by atoms with Gasteiger partial charge in [-0.05, 0) is 31.9 Å². The summed E-state index contributed by atoms with van der Waals surface area (Å²) in [6.07, 6.45) is 1.80. The molecule has 8 heteroatoms. The van der Waals surface area contributed by atoms with E-state index in [1.807, 2.05) is 11.8 Å². The number of unbranched alkanes of at least 4 members (excludes halogenated alkanes) is 2. The molecule has 2 rings (SSSR count). The number of nitrogens with one attached hydrogen (secondary N) is 1. The van der Waals surface area contributed by atoms with Crippen molar-refractivity contribution < 1.29 is 18.0 Å². The van der Waals surface area contributed by atoms with Gasteiger partial charge in [0.05, 0.1) is 12.1 Å². The molecule has 1 aliphatic heterocycles. The predicted octanol–water partition coefficient (Wildman–Crippen LogP) is 3.70. The largest absolute Gasteiger partial charge is 0.417 e. The lowest BCUT2D eigenvalue weighted by Crippen LogP contribution is -2.42. The van der Waals surface area contributed by atoms with Crippen molar-refractivity contribution in [3.8, 4) is 0 Å². The number of aromatic nitrogens is 1. The van der Waals surface area contributed by atoms with Crippen LogP contribution in [-0.2, 0) is 11.0 Å². The molecule has 0 aliphatic carbocycles. The fraction of sp³-hybridized carbons (Fsp3) is 0.700. The molecule has 158 valence electrons. The molecule has 5 nitrogen and oxygen atoms in total. The minimum Gasteiger partial charge on any atom is -0.355 e. The van der Waals surface area contributed by atoms with Crippen LogP contribution in [0.25, 0.3) is 0 Å². The molecule has 0 radical (unpaired) electrons. The van der Waals surface area contributed by atoms with E-state index in [4.69, 9.17) is 0 Å². The number of amides is 1. The molecule has 1 aliphatic rings. The molecule has 0 bridgehead atoms. The zero-order valence-corrected chi connectivity index (χ0v) is 16.8. The van der Waals surface area contributed by atoms with E-state index in [1.165, 1.54) is 18.9 Å². The van der Waals surface area contributed by atoms with Crippen molar-refractivity contribution in [1.82, 2.24) is 15.2 Å². The Morgan fingerprint density at radius 3 is 2.64 bits per heavy atom. The fourth-order valence-electron chi connectivity index (χ4n) is 3.40. The first-order chi connectivity index (χ1) is 13.3. The highest BCUT2D eigenvalue weighted by Gasteiger charge is 2.31. The van der Waals surface area contributed by atoms with Crippen molar-refractivity contribution in [1.29, 1.82) is 0 Å². The number of anilines is 1. The van der Waals surface area contributed by atoms with E-state index in [0.717, 1.165) is 38.1 Å². The molecule has 1 aromatic heterocycles. The Hall–Kier alpha value is -1.83. The lowest BCUT2D eigenvalue weighted by molar-refractivity contribution is -0.137. The number of pyridine rings is 1. The van der Waals surface area contributed by atoms with Crippen LogP contribution >= 0.6 is 0 Å². The predicted molar refractivity (Wildman–Crippen MR) is 104 cm³/mol. The third kappa shape index (κ3) is 7.30. The molecular formula is C20H31F3N4O. The first-order valence-corrected chi connectivity index (χ1v) is 10.1. The average Bonchev–Trinajstić information content (AvgIpc) is 2.87. The smallest absolute Gasteiger partial charge is 0.355 e. The SMILES string of the molecule is CCCCC[C@@H](C)NC(=O)CN1CCCN(c2ccc(C(F)(F)F)cn2)CC1. The molecule has 1 aromatic rings. The van der Waals surface area contributed by atoms with Gasteiger partial charge in [0.1, 0.15) is 5.82 Å². The molecule has 1 atom stereocenters. The molecule has 1 saturated heterocycles. The van der Waals surface area contributed by atoms with E-state index >= 15 is 0 Å². The van der Waals surface area contributed by atoms with Crippen LogP contribution in [0.4, 0.5) is 19.0 Å². The van der Waals surface area contributed by atoms with Crippen LogP contribution in [0.15, 0.2) is 18.3 Å². The van der Waals surface area contributed by atoms with Crippen LogP contribution in [0, 0.1) is 0 Å². The Balaban J connectivity index is 1.80. The molecule has 0 spiro atoms. The molecule has 2 heterocycles. The van der Waals surface area contributed by atoms with Crippen molar-refractivity contribution in [3.63, 3.8) is 0 Å². The zero-order chi connectivity index (χ0) is 20.6. The van der Waals surface area contributed by atoms with Gasteiger partial charge in [-0.1, -0.05) is 26.2 Å². The van der Waals surface area contributed by atoms with E-state index in [2.05, 4.69) is 22.1 Å². The Morgan fingerprint density at radius 1 is 1.21 bits per heavy atom. The highest BCUT2D eigenvalue weighted by molar-refractivity contribution is 5.78. The number of nitrogens with zero attached hydrogens (tertiary/aromatic N) is 3. The van der Waals surface area contributed by atoms with Crippen LogP contribution < -0.4 is 10.2 Å². The third-order valence-electron chi connectivity index (χ3n) is 5.00. The summed E-state index contributed by atoms with van der Waals surface area (Å²) < 4.78 is 38.0. The summed E-state index contributed by atoms with van der Waals surface area (Å²) in [6.45, 7) is 7.36. The molecule has 0 saturated carbocycles. The maximum Gasteiger partial charge on any atom is 0.417 e. The molecule has 1 amide bonds. The first-order valence-electron chi connectivity index (χ1n) is 10.1. The second-order valence-corrected chi connectivity index (χ2v) is 7.48. The topological polar surface area (TPSA) is 48.5 Å². The summed E-state index contributed by atoms with van der Waals surface area (Å²) in [6, 6.07) is 2.67. The maximum atomic E-state index is 12.7. The second kappa shape index (κ2) is 10.6. The van der Waals surface area contributed by atoms with Gasteiger partial charge < -0.3 is 10.2 Å². The summed E-state index contributed by atoms with van der Waals surface area (Å²) in [5.74, 6) is 0.578. The number of rotatable bonds is 8. The van der Waals surface area contributed by atoms with Gasteiger partial charge in [-0.15, -0.1) is 0 Å². The first kappa shape index (κ1) is 22.5. The maximum absolute atomic E-state index is 12.7. The van der Waals surface area contributed by atoms with Crippen molar-refractivity contribution >= 4 is 11.7 Å². The molecule has 0 unspecified atom stereocenters. The van der Waals surface area contributed by atoms with Crippen LogP contribution in [0.1, 0.15) is 51.5 Å². The van der Waals surface area contributed by atoms with Crippen LogP contribution in [0.5, 0.6) is 0 Å². The number of halogens is 3. The van der Waals surface area contributed by atoms with Gasteiger partial charge in [-0.3, -0.25) is 9.69 Å². The van der Waals surface area contributed by atoms with Crippen molar-refractivity contribution in [2.24, 2.45) is 0 Å². The van der Waals surface area contributed by atoms with Crippen molar-refractivity contribution in [2.75, 3.05) is 37.6 Å². The van der Waals surface area contributed by atoms with Crippen LogP contribution in [0.2, 0.25) is 0 Å². The molecule has 28 heavy (non-hydrogen) atoms. The molecule has 1 fully saturated rings. The lowest BCUT2D eigenvalue weighted by atomic mass is 10.1. The van der Waals surface area contributed by atoms with Crippen LogP contribution in [-0.4, -0.2) is 54.6 Å². The number of hydrogen-bond donors (Lipinski definition) is 1. The normalized spacial score (nSPS) is 17.2. The minimum absolute atomic E-state index is 0.0325. The number of hydrogen-bond acceptors (Lipinski definition) is 4. The van der Waals surface area contributed by atoms with E-state index in [-0.39, 0.29) is 11.9 Å². The fourth-order valence-corrected chi connectivity index (χ4v) is 3.40. The molecular weight excluding hydrogens is 369 g/mol. The van der Waals surface area contributed by atoms with E-state index in [9.17, 15) is 18.0 Å². The van der Waals surface area contributed by atoms with E-state index in [0.29, 0.717) is 32.0 Å². The minimum atomic E-state index is -4.37. The van der Waals surface area contributed by atoms with Gasteiger partial charge in [-0.25, -0.2) is 4.98 Å². The average molecular weight is 400 g/mol. The lowest BCUT2D eigenvalue weighted by Gasteiger charge is -2.23. The highest BCUT2D eigenvalue weighted by atomic mass is 19.4. The number of carbonyl (C=O) groups excluding carboxylic acids is 1. The van der Waals surface area contributed by atoms with Gasteiger partial charge in [0.2, 0.25) is 5.91 Å². The standard InChI is InChI=1S/C20H31F3N4O/c1-3-4-5-7-16(2)25-19(28)15-26-10-6-11-27(13-12-26)18-9-8-17(14-24-18)20(21,22)23/h8-9,14,16H,3-7,10-13,15H2,1-2H3,(H,25,28)/t16-/m1/s1. The summed E-state index contributed by atoms with van der Waals surface area (Å²) >= 11 is 0. The molecule has 1 N–H and O–H groups in total. The monoisotopic (exact) mass is 400 g/mol. The third-order valence-corrected chi connectivity index (χ3v) is 5.00. The van der Waals surface area contributed by atoms with Gasteiger partial charge in [-0.2, -0.15) is 13.2 Å². The zero-order valence-electron chi connectivity index (χ0n) is 16.8. The Labute approximate surface area is 165 Å². The summed E-state index contributed by atoms with van der Waals surface area (Å²) in [5.41, 5.74) is -0.738. The summed E-state index contributed by atoms with van der Waals surface area (Å²) in [7, 11) is 0. The number of alkyl halides is 3. The Morgan fingerprint density at radius 2 is 2.00 bits per heavy atom.